The van der Waals surface area contributed by atoms with Crippen LogP contribution in [0.2, 0.25) is 0 Å². The third kappa shape index (κ3) is 8.09. The highest BCUT2D eigenvalue weighted by Gasteiger charge is 2.53. The average molecular weight is 821 g/mol. The van der Waals surface area contributed by atoms with E-state index in [0.717, 1.165) is 0 Å². The Morgan fingerprint density at radius 3 is 2.20 bits per heavy atom. The summed E-state index contributed by atoms with van der Waals surface area (Å²) < 4.78 is 42.6. The van der Waals surface area contributed by atoms with Crippen molar-refractivity contribution >= 4 is 29.2 Å². The highest BCUT2D eigenvalue weighted by Crippen LogP contribution is 2.49. The number of esters is 1. The summed E-state index contributed by atoms with van der Waals surface area (Å²) in [7, 11) is 1.50. The molecule has 0 aromatic heterocycles. The third-order valence-corrected chi connectivity index (χ3v) is 12.0. The summed E-state index contributed by atoms with van der Waals surface area (Å²) in [6.07, 6.45) is 5.85. The monoisotopic (exact) mass is 820 g/mol. The van der Waals surface area contributed by atoms with Gasteiger partial charge in [0.05, 0.1) is 54.5 Å². The molecule has 1 aromatic rings. The number of morpholine rings is 1. The van der Waals surface area contributed by atoms with Crippen LogP contribution in [-0.2, 0) is 38.0 Å². The van der Waals surface area contributed by atoms with Crippen LogP contribution in [0.3, 0.4) is 0 Å². The number of allylic oxidation sites excluding steroid dienone is 4. The highest BCUT2D eigenvalue weighted by molar-refractivity contribution is 6.32. The summed E-state index contributed by atoms with van der Waals surface area (Å²) in [4.78, 5) is 71.8. The Labute approximate surface area is 344 Å². The second-order valence-electron chi connectivity index (χ2n) is 16.7. The maximum absolute atomic E-state index is 14.7. The fourth-order valence-electron chi connectivity index (χ4n) is 8.85. The Balaban J connectivity index is 1.50. The van der Waals surface area contributed by atoms with E-state index >= 15 is 0 Å². The van der Waals surface area contributed by atoms with Gasteiger partial charge in [0.25, 0.3) is 11.7 Å². The topological polar surface area (TPSA) is 185 Å². The van der Waals surface area contributed by atoms with Gasteiger partial charge in [-0.25, -0.2) is 0 Å². The number of hydrogen-bond acceptors (Lipinski definition) is 14. The number of amides is 1. The number of nitrogens with one attached hydrogen (secondary N) is 1. The highest BCUT2D eigenvalue weighted by atomic mass is 16.7. The fourth-order valence-corrected chi connectivity index (χ4v) is 8.85. The van der Waals surface area contributed by atoms with Gasteiger partial charge in [0, 0.05) is 68.9 Å². The predicted octanol–water partition coefficient (Wildman–Crippen LogP) is 5.09. The molecule has 15 heteroatoms. The number of nitrogens with zero attached hydrogens (tertiary/aromatic N) is 1. The van der Waals surface area contributed by atoms with Crippen molar-refractivity contribution in [1.82, 2.24) is 10.2 Å². The van der Waals surface area contributed by atoms with E-state index in [-0.39, 0.29) is 89.6 Å². The molecule has 0 unspecified atom stereocenters. The SMILES string of the molecule is CO[C@@H]1/C=C/O[C@@]2(C)Oc3c(C)c(O)c4c(c3C2=O)C(=O)C(N2CCOCC2)=C(NC(=O)/C(C)=C\C=C\[C@H](C)[C@H]2OC(C)(C)O[C@H]([C@H](C)[C@H](OC(C)=O)[C@@H]1C)[C@@H]2C)C4=O. The molecule has 7 bridgehead atoms. The number of phenols is 1. The number of benzene rings is 1. The lowest BCUT2D eigenvalue weighted by Gasteiger charge is -2.50. The summed E-state index contributed by atoms with van der Waals surface area (Å²) >= 11 is 0. The van der Waals surface area contributed by atoms with Gasteiger partial charge in [-0.1, -0.05) is 45.9 Å². The van der Waals surface area contributed by atoms with Crippen LogP contribution in [0.4, 0.5) is 0 Å². The standard InChI is InChI=1S/C44H56N2O13/c1-21-13-12-14-22(2)42(52)45-32-33(46-16-19-54-20-17-46)36(50)29-30(35(32)49)34(48)24(4)40-31(29)41(51)44(10,59-40)55-18-15-28(53-11)23(3)38(56-27(7)47)26(6)39-25(5)37(21)57-43(8,9)58-39/h12-15,18,21,23,25-26,28,37-39,48H,16-17,19-20H2,1-11H3,(H,45,52)/b13-12+,18-15+,22-14-/t21-,23+,25+,26+,28+,37+,38+,39-,44-/m0/s1. The van der Waals surface area contributed by atoms with E-state index in [0.29, 0.717) is 0 Å². The van der Waals surface area contributed by atoms with Gasteiger partial charge >= 0.3 is 11.8 Å². The van der Waals surface area contributed by atoms with Gasteiger partial charge in [-0.05, 0) is 33.8 Å². The van der Waals surface area contributed by atoms with Gasteiger partial charge < -0.3 is 48.5 Å². The van der Waals surface area contributed by atoms with Crippen LogP contribution in [-0.4, -0.2) is 109 Å². The molecule has 2 N–H and O–H groups in total. The summed E-state index contributed by atoms with van der Waals surface area (Å²) in [5.41, 5.74) is -1.20. The fraction of sp³-hybridized carbons (Fsp3) is 0.568. The number of carbonyl (C=O) groups is 5. The minimum Gasteiger partial charge on any atom is -0.507 e. The molecule has 15 nitrogen and oxygen atoms in total. The van der Waals surface area contributed by atoms with Crippen molar-refractivity contribution in [2.24, 2.45) is 23.7 Å². The minimum absolute atomic E-state index is 0.0290. The van der Waals surface area contributed by atoms with E-state index in [1.165, 1.54) is 34.1 Å². The Morgan fingerprint density at radius 2 is 1.56 bits per heavy atom. The van der Waals surface area contributed by atoms with Crippen molar-refractivity contribution in [3.8, 4) is 11.5 Å². The van der Waals surface area contributed by atoms with E-state index < -0.39 is 76.3 Å². The number of Topliss-reactive ketones (excluding diaryl/α,β-unsaturated/α-hetero) is 3. The minimum atomic E-state index is -2.04. The second kappa shape index (κ2) is 16.7. The normalized spacial score (nSPS) is 34.6. The number of fused-ring (bicyclic) bond motifs is 10. The molecule has 2 fully saturated rings. The van der Waals surface area contributed by atoms with Crippen molar-refractivity contribution in [2.45, 2.75) is 105 Å². The van der Waals surface area contributed by atoms with Gasteiger partial charge in [0.2, 0.25) is 11.6 Å². The van der Waals surface area contributed by atoms with E-state index in [9.17, 15) is 29.1 Å². The van der Waals surface area contributed by atoms with Crippen LogP contribution in [0.25, 0.3) is 0 Å². The molecule has 320 valence electrons. The smallest absolute Gasteiger partial charge is 0.312 e. The van der Waals surface area contributed by atoms with Crippen LogP contribution in [0.15, 0.2) is 47.5 Å². The second-order valence-corrected chi connectivity index (χ2v) is 16.7. The molecule has 7 rings (SSSR count). The first-order valence-electron chi connectivity index (χ1n) is 20.1. The van der Waals surface area contributed by atoms with Crippen molar-refractivity contribution < 1.29 is 62.2 Å². The molecule has 0 saturated carbocycles. The number of hydrogen-bond donors (Lipinski definition) is 2. The quantitative estimate of drug-likeness (QED) is 0.385. The molecule has 5 aliphatic heterocycles. The summed E-state index contributed by atoms with van der Waals surface area (Å²) in [6, 6.07) is 0. The Kier molecular flexibility index (Phi) is 12.4. The number of aromatic hydroxyl groups is 1. The van der Waals surface area contributed by atoms with Crippen molar-refractivity contribution in [2.75, 3.05) is 33.4 Å². The largest absolute Gasteiger partial charge is 0.507 e. The number of carbonyl (C=O) groups excluding carboxylic acids is 5. The van der Waals surface area contributed by atoms with Crippen LogP contribution in [0.5, 0.6) is 11.5 Å². The molecule has 1 aliphatic carbocycles. The number of ether oxygens (including phenoxy) is 7. The van der Waals surface area contributed by atoms with Crippen LogP contribution in [0.1, 0.15) is 99.0 Å². The molecule has 0 radical (unpaired) electrons. The molecule has 2 saturated heterocycles. The predicted molar refractivity (Wildman–Crippen MR) is 212 cm³/mol. The molecule has 6 aliphatic rings. The molecule has 1 amide bonds. The van der Waals surface area contributed by atoms with E-state index in [1.54, 1.807) is 30.1 Å². The lowest BCUT2D eigenvalue weighted by atomic mass is 9.77. The molecule has 1 aromatic carbocycles. The number of phenolic OH excluding ortho intramolecular Hbond substituents is 1. The Bertz CT molecular complexity index is 2040. The Morgan fingerprint density at radius 1 is 0.898 bits per heavy atom. The van der Waals surface area contributed by atoms with E-state index in [4.69, 9.17) is 33.2 Å². The maximum Gasteiger partial charge on any atom is 0.312 e. The molecule has 59 heavy (non-hydrogen) atoms. The molecular weight excluding hydrogens is 764 g/mol. The molecule has 9 atom stereocenters. The number of methoxy groups -OCH3 is 1. The zero-order valence-corrected chi connectivity index (χ0v) is 35.6. The van der Waals surface area contributed by atoms with E-state index in [1.807, 2.05) is 47.6 Å². The number of ketones is 3. The lowest BCUT2D eigenvalue weighted by molar-refractivity contribution is -0.336. The van der Waals surface area contributed by atoms with Crippen LogP contribution < -0.4 is 10.1 Å². The zero-order valence-electron chi connectivity index (χ0n) is 35.6. The van der Waals surface area contributed by atoms with Crippen molar-refractivity contribution in [3.05, 3.63) is 69.8 Å². The first kappa shape index (κ1) is 43.7. The van der Waals surface area contributed by atoms with Gasteiger partial charge in [-0.3, -0.25) is 24.0 Å². The summed E-state index contributed by atoms with van der Waals surface area (Å²) in [6.45, 7) is 18.2. The van der Waals surface area contributed by atoms with E-state index in [2.05, 4.69) is 5.32 Å². The van der Waals surface area contributed by atoms with Crippen molar-refractivity contribution in [1.29, 1.82) is 0 Å². The molecule has 5 heterocycles. The van der Waals surface area contributed by atoms with Crippen LogP contribution >= 0.6 is 0 Å². The van der Waals surface area contributed by atoms with Gasteiger partial charge in [-0.2, -0.15) is 0 Å². The lowest BCUT2D eigenvalue weighted by Crippen LogP contribution is -2.56. The van der Waals surface area contributed by atoms with Gasteiger partial charge in [0.1, 0.15) is 29.0 Å². The number of rotatable bonds is 3. The zero-order chi connectivity index (χ0) is 43.3. The summed E-state index contributed by atoms with van der Waals surface area (Å²) in [5.74, 6) is -8.45. The Hall–Kier alpha value is -4.83. The molecular formula is C44H56N2O13. The summed E-state index contributed by atoms with van der Waals surface area (Å²) in [5, 5.41) is 14.2. The molecule has 0 spiro atoms. The average Bonchev–Trinajstić information content (AvgIpc) is 3.45. The maximum atomic E-state index is 14.7. The first-order valence-corrected chi connectivity index (χ1v) is 20.1. The van der Waals surface area contributed by atoms with Gasteiger partial charge in [0.15, 0.2) is 5.79 Å². The van der Waals surface area contributed by atoms with Crippen LogP contribution in [0, 0.1) is 30.6 Å². The first-order chi connectivity index (χ1) is 27.7. The third-order valence-electron chi connectivity index (χ3n) is 12.0. The van der Waals surface area contributed by atoms with Gasteiger partial charge in [-0.15, -0.1) is 0 Å². The van der Waals surface area contributed by atoms with Crippen molar-refractivity contribution in [3.63, 3.8) is 0 Å².